The van der Waals surface area contributed by atoms with Gasteiger partial charge in [-0.05, 0) is 62.7 Å². The molecule has 0 saturated carbocycles. The van der Waals surface area contributed by atoms with Crippen molar-refractivity contribution in [3.05, 3.63) is 59.7 Å². The van der Waals surface area contributed by atoms with Crippen molar-refractivity contribution < 1.29 is 23.5 Å². The Morgan fingerprint density at radius 1 is 1.27 bits per heavy atom. The summed E-state index contributed by atoms with van der Waals surface area (Å²) in [5, 5.41) is 16.0. The van der Waals surface area contributed by atoms with Crippen molar-refractivity contribution in [2.24, 2.45) is 5.92 Å². The predicted octanol–water partition coefficient (Wildman–Crippen LogP) is 4.08. The van der Waals surface area contributed by atoms with E-state index in [9.17, 15) is 14.7 Å². The fourth-order valence-corrected chi connectivity index (χ4v) is 9.13. The monoisotopic (exact) mass is 525 g/mol. The number of carbonyl (C=O) groups is 2. The molecule has 0 unspecified atom stereocenters. The van der Waals surface area contributed by atoms with Crippen LogP contribution < -0.4 is 15.5 Å². The molecule has 2 aromatic carbocycles. The molecule has 0 bridgehead atoms. The second-order valence-electron chi connectivity index (χ2n) is 11.0. The number of aliphatic hydroxyl groups is 1. The Labute approximate surface area is 218 Å². The van der Waals surface area contributed by atoms with E-state index in [1.165, 1.54) is 0 Å². The number of aliphatic hydroxyl groups excluding tert-OH is 1. The van der Waals surface area contributed by atoms with Gasteiger partial charge in [0.05, 0.1) is 24.4 Å². The van der Waals surface area contributed by atoms with Crippen LogP contribution in [0.25, 0.3) is 0 Å². The Bertz CT molecular complexity index is 1170. The summed E-state index contributed by atoms with van der Waals surface area (Å²) in [4.78, 5) is 28.8. The van der Waals surface area contributed by atoms with Gasteiger partial charge in [-0.1, -0.05) is 37.3 Å². The zero-order chi connectivity index (χ0) is 26.4. The van der Waals surface area contributed by atoms with Crippen LogP contribution in [0.1, 0.15) is 37.3 Å². The molecule has 198 valence electrons. The second-order valence-corrected chi connectivity index (χ2v) is 14.8. The zero-order valence-electron chi connectivity index (χ0n) is 21.7. The minimum atomic E-state index is -3.27. The van der Waals surface area contributed by atoms with Gasteiger partial charge in [0.25, 0.3) is 5.91 Å². The highest BCUT2D eigenvalue weighted by molar-refractivity contribution is 6.72. The van der Waals surface area contributed by atoms with E-state index in [1.54, 1.807) is 18.0 Å². The lowest BCUT2D eigenvalue weighted by molar-refractivity contribution is -0.146. The van der Waals surface area contributed by atoms with Gasteiger partial charge in [0.15, 0.2) is 5.60 Å². The molecular weight excluding hydrogens is 489 g/mol. The molecule has 0 radical (unpaired) electrons. The Kier molecular flexibility index (Phi) is 6.99. The van der Waals surface area contributed by atoms with Crippen molar-refractivity contribution >= 4 is 31.6 Å². The largest absolute Gasteiger partial charge is 0.396 e. The highest BCUT2D eigenvalue weighted by atomic mass is 28.4. The zero-order valence-corrected chi connectivity index (χ0v) is 22.7. The van der Waals surface area contributed by atoms with Gasteiger partial charge in [-0.3, -0.25) is 9.59 Å². The van der Waals surface area contributed by atoms with Crippen molar-refractivity contribution in [3.63, 3.8) is 0 Å². The van der Waals surface area contributed by atoms with Crippen LogP contribution in [0.2, 0.25) is 18.6 Å². The maximum Gasteiger partial charge on any atom is 0.264 e. The summed E-state index contributed by atoms with van der Waals surface area (Å²) in [5.41, 5.74) is 1.08. The molecule has 0 aliphatic carbocycles. The number of benzene rings is 2. The van der Waals surface area contributed by atoms with Crippen LogP contribution in [0, 0.1) is 5.92 Å². The van der Waals surface area contributed by atoms with Crippen molar-refractivity contribution in [2.75, 3.05) is 23.4 Å². The number of hydrogen-bond donors (Lipinski definition) is 3. The third-order valence-electron chi connectivity index (χ3n) is 8.20. The molecule has 2 amide bonds. The third-order valence-corrected chi connectivity index (χ3v) is 10.7. The van der Waals surface area contributed by atoms with E-state index in [-0.39, 0.29) is 30.9 Å². The quantitative estimate of drug-likeness (QED) is 0.374. The summed E-state index contributed by atoms with van der Waals surface area (Å²) in [6.07, 6.45) is 1.43. The number of ether oxygens (including phenoxy) is 1. The molecule has 2 aromatic rings. The lowest BCUT2D eigenvalue weighted by Gasteiger charge is -2.31. The van der Waals surface area contributed by atoms with Gasteiger partial charge in [-0.2, -0.15) is 0 Å². The summed E-state index contributed by atoms with van der Waals surface area (Å²) in [5.74, 6) is -0.764. The van der Waals surface area contributed by atoms with Crippen molar-refractivity contribution in [1.29, 1.82) is 0 Å². The van der Waals surface area contributed by atoms with E-state index in [1.807, 2.05) is 55.5 Å². The minimum Gasteiger partial charge on any atom is -0.396 e. The molecule has 37 heavy (non-hydrogen) atoms. The average Bonchev–Trinajstić information content (AvgIpc) is 3.55. The van der Waals surface area contributed by atoms with Crippen LogP contribution >= 0.6 is 0 Å². The van der Waals surface area contributed by atoms with E-state index in [0.29, 0.717) is 23.5 Å². The number of amides is 2. The smallest absolute Gasteiger partial charge is 0.264 e. The maximum atomic E-state index is 15.7. The topological polar surface area (TPSA) is 90.9 Å². The van der Waals surface area contributed by atoms with Gasteiger partial charge < -0.3 is 29.5 Å². The first-order valence-corrected chi connectivity index (χ1v) is 16.1. The number of nitrogens with one attached hydrogen (secondary N) is 2. The number of halogens is 1. The molecule has 3 aliphatic heterocycles. The highest BCUT2D eigenvalue weighted by Gasteiger charge is 2.66. The van der Waals surface area contributed by atoms with Crippen LogP contribution in [0.4, 0.5) is 15.5 Å². The molecule has 2 saturated heterocycles. The molecule has 3 aliphatic rings. The minimum absolute atomic E-state index is 0.106. The Morgan fingerprint density at radius 2 is 2.03 bits per heavy atom. The molecule has 5 atom stereocenters. The van der Waals surface area contributed by atoms with Crippen LogP contribution in [-0.4, -0.2) is 50.6 Å². The maximum absolute atomic E-state index is 15.7. The standard InChI is InChI=1S/C28H36FN3O4Si/c1-18-25(37(2,3)29)24(13-15-33)36-28(18)21-16-20(31-26(34)22-10-7-14-30-22)11-12-23(21)32(27(28)35)17-19-8-5-4-6-9-19/h4-6,8-9,11-12,16,18,22,24-25,30,33H,7,10,13-15,17H2,1-3H3,(H,31,34)/t18-,22-,24+,25-,28+/m1/s1. The van der Waals surface area contributed by atoms with Gasteiger partial charge in [-0.25, -0.2) is 0 Å². The first-order chi connectivity index (χ1) is 17.7. The summed E-state index contributed by atoms with van der Waals surface area (Å²) >= 11 is 0. The van der Waals surface area contributed by atoms with Crippen molar-refractivity contribution in [1.82, 2.24) is 5.32 Å². The number of fused-ring (bicyclic) bond motifs is 2. The van der Waals surface area contributed by atoms with Crippen LogP contribution in [0.15, 0.2) is 48.5 Å². The van der Waals surface area contributed by atoms with Gasteiger partial charge >= 0.3 is 0 Å². The first kappa shape index (κ1) is 26.0. The Balaban J connectivity index is 1.58. The Morgan fingerprint density at radius 3 is 2.68 bits per heavy atom. The van der Waals surface area contributed by atoms with Gasteiger partial charge in [0, 0.05) is 29.3 Å². The lowest BCUT2D eigenvalue weighted by Crippen LogP contribution is -2.45. The third kappa shape index (κ3) is 4.52. The van der Waals surface area contributed by atoms with Gasteiger partial charge in [0.2, 0.25) is 14.3 Å². The summed E-state index contributed by atoms with van der Waals surface area (Å²) < 4.78 is 22.3. The first-order valence-electron chi connectivity index (χ1n) is 13.2. The Hall–Kier alpha value is -2.59. The number of hydrogen-bond acceptors (Lipinski definition) is 5. The lowest BCUT2D eigenvalue weighted by atomic mass is 9.82. The normalized spacial score (nSPS) is 29.2. The second kappa shape index (κ2) is 9.94. The van der Waals surface area contributed by atoms with Crippen LogP contribution in [0.3, 0.4) is 0 Å². The van der Waals surface area contributed by atoms with Gasteiger partial charge in [0.1, 0.15) is 0 Å². The summed E-state index contributed by atoms with van der Waals surface area (Å²) in [7, 11) is -3.27. The number of anilines is 2. The fraction of sp³-hybridized carbons (Fsp3) is 0.500. The molecule has 3 N–H and O–H groups in total. The highest BCUT2D eigenvalue weighted by Crippen LogP contribution is 2.60. The van der Waals surface area contributed by atoms with Crippen LogP contribution in [-0.2, 0) is 26.5 Å². The van der Waals surface area contributed by atoms with E-state index >= 15 is 4.11 Å². The van der Waals surface area contributed by atoms with Crippen LogP contribution in [0.5, 0.6) is 0 Å². The summed E-state index contributed by atoms with van der Waals surface area (Å²) in [6.45, 7) is 6.22. The molecule has 7 nitrogen and oxygen atoms in total. The van der Waals surface area contributed by atoms with Crippen molar-refractivity contribution in [3.8, 4) is 0 Å². The predicted molar refractivity (Wildman–Crippen MR) is 143 cm³/mol. The van der Waals surface area contributed by atoms with Crippen molar-refractivity contribution in [2.45, 2.75) is 69.1 Å². The molecule has 3 heterocycles. The van der Waals surface area contributed by atoms with Gasteiger partial charge in [-0.15, -0.1) is 0 Å². The fourth-order valence-electron chi connectivity index (χ4n) is 6.58. The number of nitrogens with zero attached hydrogens (tertiary/aromatic N) is 1. The van der Waals surface area contributed by atoms with E-state index in [4.69, 9.17) is 4.74 Å². The molecule has 9 heteroatoms. The summed E-state index contributed by atoms with van der Waals surface area (Å²) in [6, 6.07) is 15.0. The number of rotatable bonds is 7. The van der Waals surface area contributed by atoms with E-state index < -0.39 is 31.6 Å². The van der Waals surface area contributed by atoms with E-state index in [0.717, 1.165) is 24.9 Å². The average molecular weight is 526 g/mol. The molecular formula is C28H36FN3O4Si. The molecule has 2 fully saturated rings. The molecule has 0 aromatic heterocycles. The number of carbonyl (C=O) groups excluding carboxylic acids is 2. The van der Waals surface area contributed by atoms with E-state index in [2.05, 4.69) is 10.6 Å². The molecule has 5 rings (SSSR count). The SMILES string of the molecule is C[C@@H]1[C@@H]([Si](C)(C)F)[C@H](CCO)O[C@@]12C(=O)N(Cc1ccccc1)c1ccc(NC(=O)[C@H]3CCCN3)cc12. The molecule has 1 spiro atoms.